The van der Waals surface area contributed by atoms with E-state index in [4.69, 9.17) is 19.9 Å². The molecule has 0 amide bonds. The lowest BCUT2D eigenvalue weighted by atomic mass is 10.2. The van der Waals surface area contributed by atoms with Crippen molar-refractivity contribution in [3.8, 4) is 17.2 Å². The highest BCUT2D eigenvalue weighted by atomic mass is 79.9. The molecule has 0 aliphatic rings. The van der Waals surface area contributed by atoms with Crippen LogP contribution in [0.3, 0.4) is 0 Å². The van der Waals surface area contributed by atoms with Crippen LogP contribution in [0.4, 0.5) is 5.69 Å². The van der Waals surface area contributed by atoms with Gasteiger partial charge in [0.25, 0.3) is 0 Å². The Hall–Kier alpha value is -1.88. The summed E-state index contributed by atoms with van der Waals surface area (Å²) in [5, 5.41) is 0. The molecular formula is C16H18BrNO3. The second kappa shape index (κ2) is 7.22. The van der Waals surface area contributed by atoms with E-state index in [0.29, 0.717) is 18.9 Å². The highest BCUT2D eigenvalue weighted by Crippen LogP contribution is 2.31. The number of nitrogens with two attached hydrogens (primary N) is 1. The fraction of sp³-hybridized carbons (Fsp3) is 0.250. The topological polar surface area (TPSA) is 53.7 Å². The maximum Gasteiger partial charge on any atom is 0.134 e. The van der Waals surface area contributed by atoms with Crippen molar-refractivity contribution in [1.29, 1.82) is 0 Å². The lowest BCUT2D eigenvalue weighted by Gasteiger charge is -2.13. The molecule has 0 bridgehead atoms. The molecule has 0 heterocycles. The van der Waals surface area contributed by atoms with Crippen LogP contribution in [0, 0.1) is 0 Å². The Kier molecular flexibility index (Phi) is 5.33. The Bertz CT molecular complexity index is 616. The maximum atomic E-state index is 5.83. The third-order valence-electron chi connectivity index (χ3n) is 2.91. The summed E-state index contributed by atoms with van der Waals surface area (Å²) in [7, 11) is 1.63. The second-order valence-corrected chi connectivity index (χ2v) is 5.24. The maximum absolute atomic E-state index is 5.83. The molecule has 2 N–H and O–H groups in total. The van der Waals surface area contributed by atoms with Crippen molar-refractivity contribution in [3.05, 3.63) is 46.4 Å². The molecular weight excluding hydrogens is 334 g/mol. The molecule has 0 fully saturated rings. The molecule has 0 saturated heterocycles. The average Bonchev–Trinajstić information content (AvgIpc) is 2.48. The summed E-state index contributed by atoms with van der Waals surface area (Å²) in [4.78, 5) is 0. The summed E-state index contributed by atoms with van der Waals surface area (Å²) < 4.78 is 17.4. The molecule has 0 aromatic heterocycles. The van der Waals surface area contributed by atoms with Crippen LogP contribution in [-0.4, -0.2) is 13.7 Å². The van der Waals surface area contributed by atoms with Gasteiger partial charge in [0.1, 0.15) is 23.9 Å². The molecule has 0 unspecified atom stereocenters. The Morgan fingerprint density at radius 2 is 1.81 bits per heavy atom. The Morgan fingerprint density at radius 1 is 1.05 bits per heavy atom. The zero-order valence-electron chi connectivity index (χ0n) is 12.1. The molecule has 0 aliphatic heterocycles. The van der Waals surface area contributed by atoms with E-state index < -0.39 is 0 Å². The highest BCUT2D eigenvalue weighted by Gasteiger charge is 2.08. The molecule has 112 valence electrons. The minimum atomic E-state index is 0.380. The fourth-order valence-corrected chi connectivity index (χ4v) is 2.36. The molecule has 0 saturated carbocycles. The van der Waals surface area contributed by atoms with Crippen molar-refractivity contribution in [1.82, 2.24) is 0 Å². The molecule has 21 heavy (non-hydrogen) atoms. The van der Waals surface area contributed by atoms with Gasteiger partial charge in [0.15, 0.2) is 0 Å². The van der Waals surface area contributed by atoms with Crippen LogP contribution in [-0.2, 0) is 6.61 Å². The second-order valence-electron chi connectivity index (χ2n) is 4.39. The Morgan fingerprint density at radius 3 is 2.48 bits per heavy atom. The number of ether oxygens (including phenoxy) is 3. The molecule has 5 heteroatoms. The van der Waals surface area contributed by atoms with Gasteiger partial charge in [-0.15, -0.1) is 0 Å². The van der Waals surface area contributed by atoms with Gasteiger partial charge in [0, 0.05) is 11.3 Å². The Labute approximate surface area is 132 Å². The normalized spacial score (nSPS) is 10.2. The summed E-state index contributed by atoms with van der Waals surface area (Å²) in [5.41, 5.74) is 7.43. The van der Waals surface area contributed by atoms with Crippen molar-refractivity contribution in [2.75, 3.05) is 19.5 Å². The largest absolute Gasteiger partial charge is 0.497 e. The van der Waals surface area contributed by atoms with Gasteiger partial charge in [-0.05, 0) is 59.3 Å². The first-order valence-electron chi connectivity index (χ1n) is 6.61. The number of hydrogen-bond acceptors (Lipinski definition) is 4. The monoisotopic (exact) mass is 351 g/mol. The first-order chi connectivity index (χ1) is 10.1. The number of benzene rings is 2. The van der Waals surface area contributed by atoms with E-state index in [0.717, 1.165) is 27.3 Å². The van der Waals surface area contributed by atoms with E-state index in [-0.39, 0.29) is 0 Å². The minimum absolute atomic E-state index is 0.380. The first kappa shape index (κ1) is 15.5. The molecule has 2 rings (SSSR count). The fourth-order valence-electron chi connectivity index (χ4n) is 1.89. The lowest BCUT2D eigenvalue weighted by molar-refractivity contribution is 0.284. The molecule has 4 nitrogen and oxygen atoms in total. The first-order valence-corrected chi connectivity index (χ1v) is 7.41. The number of nitrogen functional groups attached to an aromatic ring is 1. The molecule has 0 atom stereocenters. The van der Waals surface area contributed by atoms with E-state index >= 15 is 0 Å². The summed E-state index contributed by atoms with van der Waals surface area (Å²) in [6, 6.07) is 11.1. The van der Waals surface area contributed by atoms with Crippen LogP contribution >= 0.6 is 15.9 Å². The third-order valence-corrected chi connectivity index (χ3v) is 3.53. The van der Waals surface area contributed by atoms with Gasteiger partial charge >= 0.3 is 0 Å². The molecule has 0 spiro atoms. The van der Waals surface area contributed by atoms with Crippen molar-refractivity contribution >= 4 is 21.6 Å². The quantitative estimate of drug-likeness (QED) is 0.798. The van der Waals surface area contributed by atoms with Gasteiger partial charge in [0.2, 0.25) is 0 Å². The van der Waals surface area contributed by atoms with Crippen LogP contribution in [0.15, 0.2) is 40.9 Å². The summed E-state index contributed by atoms with van der Waals surface area (Å²) in [6.45, 7) is 2.93. The van der Waals surface area contributed by atoms with Crippen LogP contribution < -0.4 is 19.9 Å². The lowest BCUT2D eigenvalue weighted by Crippen LogP contribution is -2.02. The zero-order valence-corrected chi connectivity index (χ0v) is 13.6. The molecule has 2 aromatic carbocycles. The Balaban J connectivity index is 2.14. The molecule has 0 aliphatic carbocycles. The van der Waals surface area contributed by atoms with Crippen LogP contribution in [0.5, 0.6) is 17.2 Å². The summed E-state index contributed by atoms with van der Waals surface area (Å²) in [5.74, 6) is 2.30. The third kappa shape index (κ3) is 4.04. The standard InChI is InChI=1S/C16H18BrNO3/c1-3-20-15-6-4-12(18)8-11(15)10-21-16-7-5-13(19-2)9-14(16)17/h4-9H,3,10,18H2,1-2H3. The smallest absolute Gasteiger partial charge is 0.134 e. The zero-order chi connectivity index (χ0) is 15.2. The minimum Gasteiger partial charge on any atom is -0.497 e. The van der Waals surface area contributed by atoms with Crippen LogP contribution in [0.25, 0.3) is 0 Å². The predicted molar refractivity (Wildman–Crippen MR) is 87.0 cm³/mol. The van der Waals surface area contributed by atoms with Gasteiger partial charge in [-0.1, -0.05) is 0 Å². The van der Waals surface area contributed by atoms with Crippen molar-refractivity contribution in [2.24, 2.45) is 0 Å². The van der Waals surface area contributed by atoms with Crippen molar-refractivity contribution in [2.45, 2.75) is 13.5 Å². The number of anilines is 1. The van der Waals surface area contributed by atoms with E-state index in [9.17, 15) is 0 Å². The van der Waals surface area contributed by atoms with Crippen LogP contribution in [0.1, 0.15) is 12.5 Å². The average molecular weight is 352 g/mol. The van der Waals surface area contributed by atoms with Crippen molar-refractivity contribution in [3.63, 3.8) is 0 Å². The number of methoxy groups -OCH3 is 1. The number of hydrogen-bond donors (Lipinski definition) is 1. The highest BCUT2D eigenvalue weighted by molar-refractivity contribution is 9.10. The van der Waals surface area contributed by atoms with Gasteiger partial charge in [-0.2, -0.15) is 0 Å². The van der Waals surface area contributed by atoms with Crippen molar-refractivity contribution < 1.29 is 14.2 Å². The van der Waals surface area contributed by atoms with E-state index in [1.807, 2.05) is 43.3 Å². The van der Waals surface area contributed by atoms with E-state index in [1.54, 1.807) is 7.11 Å². The van der Waals surface area contributed by atoms with Gasteiger partial charge in [-0.3, -0.25) is 0 Å². The van der Waals surface area contributed by atoms with Gasteiger partial charge in [0.05, 0.1) is 18.2 Å². The van der Waals surface area contributed by atoms with Gasteiger partial charge < -0.3 is 19.9 Å². The van der Waals surface area contributed by atoms with Crippen LogP contribution in [0.2, 0.25) is 0 Å². The number of rotatable bonds is 6. The van der Waals surface area contributed by atoms with E-state index in [1.165, 1.54) is 0 Å². The number of halogens is 1. The predicted octanol–water partition coefficient (Wildman–Crippen LogP) is 4.02. The SMILES string of the molecule is CCOc1ccc(N)cc1COc1ccc(OC)cc1Br. The van der Waals surface area contributed by atoms with E-state index in [2.05, 4.69) is 15.9 Å². The summed E-state index contributed by atoms with van der Waals surface area (Å²) >= 11 is 3.46. The molecule has 0 radical (unpaired) electrons. The summed E-state index contributed by atoms with van der Waals surface area (Å²) in [6.07, 6.45) is 0. The molecule has 2 aromatic rings. The van der Waals surface area contributed by atoms with Gasteiger partial charge in [-0.25, -0.2) is 0 Å².